The van der Waals surface area contributed by atoms with Gasteiger partial charge in [0.05, 0.1) is 5.41 Å². The van der Waals surface area contributed by atoms with Gasteiger partial charge in [-0.05, 0) is 57.4 Å². The largest absolute Gasteiger partial charge is 0.339 e. The number of rotatable bonds is 2. The summed E-state index contributed by atoms with van der Waals surface area (Å²) in [6.07, 6.45) is 11.1. The highest BCUT2D eigenvalue weighted by atomic mass is 16.2. The molecule has 0 spiro atoms. The Morgan fingerprint density at radius 2 is 2.00 bits per heavy atom. The van der Waals surface area contributed by atoms with Crippen LogP contribution in [0.15, 0.2) is 0 Å². The molecule has 2 saturated heterocycles. The Morgan fingerprint density at radius 1 is 1.20 bits per heavy atom. The number of fused-ring (bicyclic) bond motifs is 1. The van der Waals surface area contributed by atoms with Crippen molar-refractivity contribution in [3.05, 3.63) is 0 Å². The van der Waals surface area contributed by atoms with Crippen LogP contribution < -0.4 is 5.32 Å². The van der Waals surface area contributed by atoms with Crippen LogP contribution in [0.25, 0.3) is 0 Å². The molecule has 3 aliphatic rings. The van der Waals surface area contributed by atoms with Gasteiger partial charge in [-0.25, -0.2) is 0 Å². The number of hydrogen-bond acceptors (Lipinski definition) is 2. The van der Waals surface area contributed by atoms with Crippen molar-refractivity contribution in [3.8, 4) is 0 Å². The maximum Gasteiger partial charge on any atom is 0.230 e. The SMILES string of the molecule is CCC1(C(=O)N2CCCC3CCCCC32)CCCNC1. The van der Waals surface area contributed by atoms with E-state index in [9.17, 15) is 4.79 Å². The first kappa shape index (κ1) is 14.4. The molecule has 1 amide bonds. The van der Waals surface area contributed by atoms with E-state index in [0.717, 1.165) is 44.8 Å². The van der Waals surface area contributed by atoms with Crippen LogP contribution in [0.4, 0.5) is 0 Å². The summed E-state index contributed by atoms with van der Waals surface area (Å²) in [6.45, 7) is 5.20. The summed E-state index contributed by atoms with van der Waals surface area (Å²) in [5, 5.41) is 3.47. The zero-order valence-electron chi connectivity index (χ0n) is 13.0. The molecule has 20 heavy (non-hydrogen) atoms. The van der Waals surface area contributed by atoms with Crippen molar-refractivity contribution in [1.29, 1.82) is 0 Å². The molecule has 0 radical (unpaired) electrons. The lowest BCUT2D eigenvalue weighted by atomic mass is 9.73. The van der Waals surface area contributed by atoms with Gasteiger partial charge in [-0.1, -0.05) is 19.8 Å². The van der Waals surface area contributed by atoms with Gasteiger partial charge in [0, 0.05) is 19.1 Å². The first-order chi connectivity index (χ1) is 9.77. The molecule has 3 unspecified atom stereocenters. The van der Waals surface area contributed by atoms with Crippen molar-refractivity contribution in [2.75, 3.05) is 19.6 Å². The van der Waals surface area contributed by atoms with Gasteiger partial charge in [-0.15, -0.1) is 0 Å². The molecule has 2 aliphatic heterocycles. The second-order valence-corrected chi connectivity index (χ2v) is 7.17. The number of likely N-dealkylation sites (tertiary alicyclic amines) is 1. The number of carbonyl (C=O) groups excluding carboxylic acids is 1. The average molecular weight is 278 g/mol. The number of nitrogens with one attached hydrogen (secondary N) is 1. The molecule has 3 rings (SSSR count). The highest BCUT2D eigenvalue weighted by Crippen LogP contribution is 2.40. The fraction of sp³-hybridized carbons (Fsp3) is 0.941. The predicted molar refractivity (Wildman–Crippen MR) is 81.5 cm³/mol. The molecule has 0 aromatic carbocycles. The molecule has 3 atom stereocenters. The van der Waals surface area contributed by atoms with E-state index in [2.05, 4.69) is 17.1 Å². The van der Waals surface area contributed by atoms with Crippen LogP contribution in [-0.2, 0) is 4.79 Å². The van der Waals surface area contributed by atoms with E-state index in [1.54, 1.807) is 0 Å². The van der Waals surface area contributed by atoms with E-state index in [1.165, 1.54) is 38.5 Å². The van der Waals surface area contributed by atoms with Crippen molar-refractivity contribution in [2.24, 2.45) is 11.3 Å². The second-order valence-electron chi connectivity index (χ2n) is 7.17. The number of carbonyl (C=O) groups is 1. The molecule has 0 aromatic rings. The topological polar surface area (TPSA) is 32.3 Å². The Labute approximate surface area is 123 Å². The van der Waals surface area contributed by atoms with Crippen LogP contribution in [0, 0.1) is 11.3 Å². The summed E-state index contributed by atoms with van der Waals surface area (Å²) >= 11 is 0. The fourth-order valence-corrected chi connectivity index (χ4v) is 4.78. The van der Waals surface area contributed by atoms with E-state index in [1.807, 2.05) is 0 Å². The monoisotopic (exact) mass is 278 g/mol. The van der Waals surface area contributed by atoms with Crippen molar-refractivity contribution < 1.29 is 4.79 Å². The zero-order chi connectivity index (χ0) is 14.0. The number of hydrogen-bond donors (Lipinski definition) is 1. The Bertz CT molecular complexity index is 347. The maximum atomic E-state index is 13.2. The smallest absolute Gasteiger partial charge is 0.230 e. The highest BCUT2D eigenvalue weighted by Gasteiger charge is 2.45. The summed E-state index contributed by atoms with van der Waals surface area (Å²) in [6, 6.07) is 0.565. The second kappa shape index (κ2) is 6.05. The lowest BCUT2D eigenvalue weighted by Gasteiger charge is -2.48. The number of amides is 1. The predicted octanol–water partition coefficient (Wildman–Crippen LogP) is 2.95. The first-order valence-corrected chi connectivity index (χ1v) is 8.79. The third kappa shape index (κ3) is 2.49. The van der Waals surface area contributed by atoms with E-state index in [0.29, 0.717) is 11.9 Å². The molecular weight excluding hydrogens is 248 g/mol. The Balaban J connectivity index is 1.77. The van der Waals surface area contributed by atoms with Gasteiger partial charge in [0.2, 0.25) is 5.91 Å². The van der Waals surface area contributed by atoms with Gasteiger partial charge < -0.3 is 10.2 Å². The highest BCUT2D eigenvalue weighted by molar-refractivity contribution is 5.83. The number of nitrogens with zero attached hydrogens (tertiary/aromatic N) is 1. The van der Waals surface area contributed by atoms with Crippen LogP contribution in [0.3, 0.4) is 0 Å². The van der Waals surface area contributed by atoms with Crippen molar-refractivity contribution in [3.63, 3.8) is 0 Å². The molecule has 1 saturated carbocycles. The Hall–Kier alpha value is -0.570. The molecule has 3 heteroatoms. The van der Waals surface area contributed by atoms with E-state index < -0.39 is 0 Å². The van der Waals surface area contributed by atoms with E-state index >= 15 is 0 Å². The van der Waals surface area contributed by atoms with Gasteiger partial charge in [0.1, 0.15) is 0 Å². The first-order valence-electron chi connectivity index (χ1n) is 8.79. The van der Waals surface area contributed by atoms with Crippen LogP contribution in [0.5, 0.6) is 0 Å². The molecule has 0 bridgehead atoms. The van der Waals surface area contributed by atoms with E-state index in [-0.39, 0.29) is 5.41 Å². The minimum atomic E-state index is -0.0996. The zero-order valence-corrected chi connectivity index (χ0v) is 13.0. The minimum absolute atomic E-state index is 0.0996. The van der Waals surface area contributed by atoms with Gasteiger partial charge in [0.25, 0.3) is 0 Å². The summed E-state index contributed by atoms with van der Waals surface area (Å²) in [5.41, 5.74) is -0.0996. The standard InChI is InChI=1S/C17H30N2O/c1-2-17(10-6-11-18-13-17)16(20)19-12-5-8-14-7-3-4-9-15(14)19/h14-15,18H,2-13H2,1H3. The Kier molecular flexibility index (Phi) is 4.34. The maximum absolute atomic E-state index is 13.2. The molecule has 2 heterocycles. The molecule has 1 N–H and O–H groups in total. The third-order valence-electron chi connectivity index (χ3n) is 6.11. The molecule has 3 nitrogen and oxygen atoms in total. The minimum Gasteiger partial charge on any atom is -0.339 e. The lowest BCUT2D eigenvalue weighted by molar-refractivity contribution is -0.150. The molecular formula is C17H30N2O. The summed E-state index contributed by atoms with van der Waals surface area (Å²) in [4.78, 5) is 15.6. The quantitative estimate of drug-likeness (QED) is 0.842. The summed E-state index contributed by atoms with van der Waals surface area (Å²) in [5.74, 6) is 1.27. The molecule has 114 valence electrons. The fourth-order valence-electron chi connectivity index (χ4n) is 4.78. The molecule has 0 aromatic heterocycles. The van der Waals surface area contributed by atoms with E-state index in [4.69, 9.17) is 0 Å². The van der Waals surface area contributed by atoms with Crippen molar-refractivity contribution in [2.45, 2.75) is 70.8 Å². The van der Waals surface area contributed by atoms with Crippen molar-refractivity contribution in [1.82, 2.24) is 10.2 Å². The normalized spacial score (nSPS) is 38.4. The molecule has 1 aliphatic carbocycles. The molecule has 3 fully saturated rings. The third-order valence-corrected chi connectivity index (χ3v) is 6.11. The van der Waals surface area contributed by atoms with Crippen LogP contribution in [0.1, 0.15) is 64.7 Å². The van der Waals surface area contributed by atoms with Gasteiger partial charge in [-0.3, -0.25) is 4.79 Å². The summed E-state index contributed by atoms with van der Waals surface area (Å²) < 4.78 is 0. The van der Waals surface area contributed by atoms with Crippen LogP contribution in [-0.4, -0.2) is 36.5 Å². The van der Waals surface area contributed by atoms with Gasteiger partial charge in [0.15, 0.2) is 0 Å². The lowest BCUT2D eigenvalue weighted by Crippen LogP contribution is -2.57. The van der Waals surface area contributed by atoms with Crippen molar-refractivity contribution >= 4 is 5.91 Å². The number of piperidine rings is 2. The Morgan fingerprint density at radius 3 is 2.75 bits per heavy atom. The summed E-state index contributed by atoms with van der Waals surface area (Å²) in [7, 11) is 0. The van der Waals surface area contributed by atoms with Crippen LogP contribution in [0.2, 0.25) is 0 Å². The van der Waals surface area contributed by atoms with Gasteiger partial charge in [-0.2, -0.15) is 0 Å². The van der Waals surface area contributed by atoms with Gasteiger partial charge >= 0.3 is 0 Å². The van der Waals surface area contributed by atoms with Crippen LogP contribution >= 0.6 is 0 Å². The average Bonchev–Trinajstić information content (AvgIpc) is 2.54.